The van der Waals surface area contributed by atoms with Gasteiger partial charge >= 0.3 is 0 Å². The van der Waals surface area contributed by atoms with Gasteiger partial charge in [-0.05, 0) is 18.6 Å². The normalized spacial score (nSPS) is 11.6. The molecule has 0 N–H and O–H groups in total. The van der Waals surface area contributed by atoms with Crippen molar-refractivity contribution < 1.29 is 17.6 Å². The highest BCUT2D eigenvalue weighted by molar-refractivity contribution is 7.90. The van der Waals surface area contributed by atoms with Crippen LogP contribution in [0.3, 0.4) is 0 Å². The van der Waals surface area contributed by atoms with E-state index in [0.717, 1.165) is 11.8 Å². The summed E-state index contributed by atoms with van der Waals surface area (Å²) in [7, 11) is -3.09. The van der Waals surface area contributed by atoms with Gasteiger partial charge in [-0.25, -0.2) is 8.42 Å². The predicted octanol–water partition coefficient (Wildman–Crippen LogP) is 1.21. The fourth-order valence-corrected chi connectivity index (χ4v) is 1.61. The van der Waals surface area contributed by atoms with Gasteiger partial charge in [-0.1, -0.05) is 0 Å². The first kappa shape index (κ1) is 11.0. The van der Waals surface area contributed by atoms with Crippen LogP contribution in [0.5, 0.6) is 0 Å². The van der Waals surface area contributed by atoms with E-state index in [2.05, 4.69) is 0 Å². The third-order valence-corrected chi connectivity index (χ3v) is 2.76. The molecule has 0 saturated carbocycles. The number of hydrogen-bond donors (Lipinski definition) is 0. The van der Waals surface area contributed by atoms with Crippen molar-refractivity contribution in [3.05, 3.63) is 23.7 Å². The molecule has 0 radical (unpaired) electrons. The molecule has 78 valence electrons. The Morgan fingerprint density at radius 3 is 2.57 bits per heavy atom. The van der Waals surface area contributed by atoms with Gasteiger partial charge in [-0.2, -0.15) is 0 Å². The Morgan fingerprint density at radius 2 is 2.14 bits per heavy atom. The molecule has 1 aromatic rings. The van der Waals surface area contributed by atoms with Gasteiger partial charge in [-0.15, -0.1) is 0 Å². The van der Waals surface area contributed by atoms with Gasteiger partial charge in [0.05, 0.1) is 12.0 Å². The number of hydrogen-bond acceptors (Lipinski definition) is 4. The Kier molecular flexibility index (Phi) is 3.10. The van der Waals surface area contributed by atoms with Crippen LogP contribution in [0.15, 0.2) is 16.7 Å². The molecule has 4 nitrogen and oxygen atoms in total. The summed E-state index contributed by atoms with van der Waals surface area (Å²) in [5.41, 5.74) is 0.739. The molecule has 5 heteroatoms. The van der Waals surface area contributed by atoms with Gasteiger partial charge in [0.2, 0.25) is 0 Å². The number of carbonyl (C=O) groups is 1. The van der Waals surface area contributed by atoms with Crippen LogP contribution in [-0.4, -0.2) is 26.2 Å². The van der Waals surface area contributed by atoms with Crippen molar-refractivity contribution in [2.24, 2.45) is 0 Å². The van der Waals surface area contributed by atoms with E-state index in [4.69, 9.17) is 4.42 Å². The summed E-state index contributed by atoms with van der Waals surface area (Å²) in [5.74, 6) is -0.141. The monoisotopic (exact) mass is 216 g/mol. The lowest BCUT2D eigenvalue weighted by Gasteiger charge is -1.97. The first-order valence-corrected chi connectivity index (χ1v) is 6.21. The molecule has 0 amide bonds. The van der Waals surface area contributed by atoms with Gasteiger partial charge in [0.15, 0.2) is 11.5 Å². The zero-order valence-electron chi connectivity index (χ0n) is 8.11. The molecular formula is C9H12O4S. The first-order chi connectivity index (χ1) is 6.40. The van der Waals surface area contributed by atoms with Crippen LogP contribution < -0.4 is 0 Å². The van der Waals surface area contributed by atoms with E-state index in [9.17, 15) is 13.2 Å². The number of carbonyl (C=O) groups excluding carboxylic acids is 1. The second kappa shape index (κ2) is 3.96. The van der Waals surface area contributed by atoms with Crippen LogP contribution in [-0.2, 0) is 9.84 Å². The lowest BCUT2D eigenvalue weighted by Crippen LogP contribution is -2.09. The molecule has 0 fully saturated rings. The number of sulfone groups is 1. The van der Waals surface area contributed by atoms with Gasteiger partial charge < -0.3 is 4.42 Å². The van der Waals surface area contributed by atoms with E-state index in [1.807, 2.05) is 0 Å². The highest BCUT2D eigenvalue weighted by atomic mass is 32.2. The van der Waals surface area contributed by atoms with Crippen LogP contribution in [0.1, 0.15) is 22.5 Å². The minimum absolute atomic E-state index is 0.0206. The van der Waals surface area contributed by atoms with E-state index in [1.165, 1.54) is 6.26 Å². The molecule has 0 aromatic carbocycles. The highest BCUT2D eigenvalue weighted by Gasteiger charge is 2.14. The van der Waals surface area contributed by atoms with E-state index in [1.54, 1.807) is 13.0 Å². The van der Waals surface area contributed by atoms with Crippen LogP contribution in [0.4, 0.5) is 0 Å². The molecule has 0 aliphatic heterocycles. The first-order valence-electron chi connectivity index (χ1n) is 4.15. The average Bonchev–Trinajstić information content (AvgIpc) is 2.46. The van der Waals surface area contributed by atoms with E-state index < -0.39 is 9.84 Å². The zero-order valence-corrected chi connectivity index (χ0v) is 8.93. The standard InChI is InChI=1S/C9H12O4S/c1-7-3-5-13-9(7)8(10)4-6-14(2,11)12/h3,5H,4,6H2,1-2H3. The molecule has 0 aliphatic carbocycles. The third-order valence-electron chi connectivity index (χ3n) is 1.82. The van der Waals surface area contributed by atoms with E-state index in [-0.39, 0.29) is 23.7 Å². The molecule has 0 atom stereocenters. The molecule has 0 bridgehead atoms. The number of furan rings is 1. The summed E-state index contributed by atoms with van der Waals surface area (Å²) < 4.78 is 26.6. The molecule has 0 aliphatic rings. The summed E-state index contributed by atoms with van der Waals surface area (Å²) in [6.45, 7) is 1.75. The van der Waals surface area contributed by atoms with Crippen molar-refractivity contribution in [2.75, 3.05) is 12.0 Å². The fraction of sp³-hybridized carbons (Fsp3) is 0.444. The number of aryl methyl sites for hydroxylation is 1. The summed E-state index contributed by atoms with van der Waals surface area (Å²) in [6, 6.07) is 1.67. The smallest absolute Gasteiger partial charge is 0.199 e. The molecular weight excluding hydrogens is 204 g/mol. The summed E-state index contributed by atoms with van der Waals surface area (Å²) in [4.78, 5) is 11.4. The molecule has 0 unspecified atom stereocenters. The van der Waals surface area contributed by atoms with Gasteiger partial charge in [0, 0.05) is 12.7 Å². The zero-order chi connectivity index (χ0) is 10.8. The number of rotatable bonds is 4. The molecule has 1 heterocycles. The molecule has 0 spiro atoms. The SMILES string of the molecule is Cc1ccoc1C(=O)CCS(C)(=O)=O. The van der Waals surface area contributed by atoms with Crippen molar-refractivity contribution in [2.45, 2.75) is 13.3 Å². The Bertz CT molecular complexity index is 427. The number of Topliss-reactive ketones (excluding diaryl/α,β-unsaturated/α-hetero) is 1. The fourth-order valence-electron chi connectivity index (χ4n) is 1.05. The summed E-state index contributed by atoms with van der Waals surface area (Å²) >= 11 is 0. The highest BCUT2D eigenvalue weighted by Crippen LogP contribution is 2.11. The molecule has 1 rings (SSSR count). The van der Waals surface area contributed by atoms with E-state index in [0.29, 0.717) is 0 Å². The second-order valence-corrected chi connectivity index (χ2v) is 5.50. The largest absolute Gasteiger partial charge is 0.461 e. The van der Waals surface area contributed by atoms with Crippen LogP contribution >= 0.6 is 0 Å². The van der Waals surface area contributed by atoms with Crippen molar-refractivity contribution in [3.8, 4) is 0 Å². The van der Waals surface area contributed by atoms with Crippen LogP contribution in [0.2, 0.25) is 0 Å². The Balaban J connectivity index is 2.65. The molecule has 14 heavy (non-hydrogen) atoms. The maximum atomic E-state index is 11.4. The minimum Gasteiger partial charge on any atom is -0.461 e. The maximum Gasteiger partial charge on any atom is 0.199 e. The predicted molar refractivity (Wildman–Crippen MR) is 52.1 cm³/mol. The quantitative estimate of drug-likeness (QED) is 0.709. The molecule has 0 saturated heterocycles. The lowest BCUT2D eigenvalue weighted by molar-refractivity contribution is 0.0961. The second-order valence-electron chi connectivity index (χ2n) is 3.24. The van der Waals surface area contributed by atoms with Gasteiger partial charge in [0.1, 0.15) is 9.84 Å². The average molecular weight is 216 g/mol. The lowest BCUT2D eigenvalue weighted by atomic mass is 10.2. The Hall–Kier alpha value is -1.10. The van der Waals surface area contributed by atoms with Gasteiger partial charge in [0.25, 0.3) is 0 Å². The van der Waals surface area contributed by atoms with Crippen molar-refractivity contribution in [1.82, 2.24) is 0 Å². The van der Waals surface area contributed by atoms with Crippen LogP contribution in [0, 0.1) is 6.92 Å². The van der Waals surface area contributed by atoms with E-state index >= 15 is 0 Å². The molecule has 1 aromatic heterocycles. The summed E-state index contributed by atoms with van der Waals surface area (Å²) in [5, 5.41) is 0. The maximum absolute atomic E-state index is 11.4. The topological polar surface area (TPSA) is 64.3 Å². The van der Waals surface area contributed by atoms with Crippen LogP contribution in [0.25, 0.3) is 0 Å². The number of ketones is 1. The Labute approximate surface area is 82.8 Å². The minimum atomic E-state index is -3.09. The van der Waals surface area contributed by atoms with Gasteiger partial charge in [-0.3, -0.25) is 4.79 Å². The van der Waals surface area contributed by atoms with Crippen molar-refractivity contribution in [3.63, 3.8) is 0 Å². The Morgan fingerprint density at radius 1 is 1.50 bits per heavy atom. The van der Waals surface area contributed by atoms with Crippen molar-refractivity contribution >= 4 is 15.6 Å². The summed E-state index contributed by atoms with van der Waals surface area (Å²) in [6.07, 6.45) is 2.51. The third kappa shape index (κ3) is 2.99. The van der Waals surface area contributed by atoms with Crippen molar-refractivity contribution in [1.29, 1.82) is 0 Å².